The number of rotatable bonds is 3. The third-order valence-corrected chi connectivity index (χ3v) is 7.17. The predicted octanol–water partition coefficient (Wildman–Crippen LogP) is 4.65. The smallest absolute Gasteiger partial charge is 0.338 e. The number of aromatic nitrogens is 1. The Balaban J connectivity index is 1.40. The number of nitrogens with one attached hydrogen (secondary N) is 1. The van der Waals surface area contributed by atoms with Gasteiger partial charge in [0.05, 0.1) is 23.5 Å². The fourth-order valence-corrected chi connectivity index (χ4v) is 5.32. The van der Waals surface area contributed by atoms with Crippen LogP contribution >= 0.6 is 0 Å². The number of hydrogen-bond donors (Lipinski definition) is 1. The summed E-state index contributed by atoms with van der Waals surface area (Å²) >= 11 is 0. The second-order valence-corrected chi connectivity index (χ2v) is 9.29. The molecule has 3 fully saturated rings. The number of amidine groups is 1. The minimum atomic E-state index is -4.45. The highest BCUT2D eigenvalue weighted by molar-refractivity contribution is 6.19. The lowest BCUT2D eigenvalue weighted by molar-refractivity contribution is -0.137. The van der Waals surface area contributed by atoms with Gasteiger partial charge in [0.1, 0.15) is 11.4 Å². The lowest BCUT2D eigenvalue weighted by Crippen LogP contribution is -2.58. The molecule has 3 heterocycles. The molecule has 0 radical (unpaired) electrons. The highest BCUT2D eigenvalue weighted by Gasteiger charge is 2.53. The van der Waals surface area contributed by atoms with E-state index in [9.17, 15) is 22.8 Å². The average Bonchev–Trinajstić information content (AvgIpc) is 3.46. The highest BCUT2D eigenvalue weighted by atomic mass is 19.4. The van der Waals surface area contributed by atoms with Crippen molar-refractivity contribution in [2.45, 2.75) is 56.3 Å². The lowest BCUT2D eigenvalue weighted by atomic mass is 9.84. The second kappa shape index (κ2) is 8.98. The van der Waals surface area contributed by atoms with Gasteiger partial charge >= 0.3 is 12.2 Å². The van der Waals surface area contributed by atoms with Gasteiger partial charge in [-0.25, -0.2) is 4.79 Å². The normalized spacial score (nSPS) is 21.7. The first-order valence-electron chi connectivity index (χ1n) is 11.8. The Morgan fingerprint density at radius 2 is 1.77 bits per heavy atom. The maximum atomic E-state index is 13.1. The van der Waals surface area contributed by atoms with Crippen molar-refractivity contribution >= 4 is 23.5 Å². The minimum absolute atomic E-state index is 0.169. The van der Waals surface area contributed by atoms with Crippen molar-refractivity contribution in [2.75, 3.05) is 18.0 Å². The van der Waals surface area contributed by atoms with Gasteiger partial charge in [-0.1, -0.05) is 12.8 Å². The van der Waals surface area contributed by atoms with Crippen LogP contribution in [0.3, 0.4) is 0 Å². The summed E-state index contributed by atoms with van der Waals surface area (Å²) in [6.07, 6.45) is 3.95. The number of halogens is 3. The van der Waals surface area contributed by atoms with E-state index in [1.165, 1.54) is 12.1 Å². The zero-order valence-electron chi connectivity index (χ0n) is 19.1. The molecule has 35 heavy (non-hydrogen) atoms. The Morgan fingerprint density at radius 1 is 1.09 bits per heavy atom. The molecule has 184 valence electrons. The number of nitrogens with zero attached hydrogens (tertiary/aromatic N) is 4. The molecule has 3 amide bonds. The number of piperidine rings is 1. The van der Waals surface area contributed by atoms with Gasteiger partial charge in [0.2, 0.25) is 0 Å². The van der Waals surface area contributed by atoms with E-state index >= 15 is 0 Å². The van der Waals surface area contributed by atoms with Gasteiger partial charge in [-0.3, -0.25) is 25.0 Å². The Hall–Kier alpha value is -3.43. The molecule has 0 bridgehead atoms. The average molecular weight is 486 g/mol. The maximum absolute atomic E-state index is 13.1. The van der Waals surface area contributed by atoms with Gasteiger partial charge in [-0.05, 0) is 62.1 Å². The Bertz CT molecular complexity index is 1120. The van der Waals surface area contributed by atoms with Gasteiger partial charge in [0.25, 0.3) is 5.91 Å². The number of benzene rings is 1. The van der Waals surface area contributed by atoms with Gasteiger partial charge in [-0.15, -0.1) is 0 Å². The number of urea groups is 1. The van der Waals surface area contributed by atoms with Gasteiger partial charge in [0, 0.05) is 24.8 Å². The quantitative estimate of drug-likeness (QED) is 0.688. The molecule has 1 aliphatic carbocycles. The molecule has 1 N–H and O–H groups in total. The first kappa shape index (κ1) is 23.3. The maximum Gasteiger partial charge on any atom is 0.416 e. The fraction of sp³-hybridized carbons (Fsp3) is 0.440. The van der Waals surface area contributed by atoms with Crippen molar-refractivity contribution in [3.8, 4) is 0 Å². The van der Waals surface area contributed by atoms with E-state index < -0.39 is 17.3 Å². The number of carbonyl (C=O) groups is 2. The SMILES string of the molecule is O=C(c1ccc(C(F)(F)F)cc1)N1CCC2(CC1)C(=NC1CCCC1)NC(=O)N2c1cccnc1. The van der Waals surface area contributed by atoms with Crippen LogP contribution in [-0.2, 0) is 6.18 Å². The van der Waals surface area contributed by atoms with Crippen LogP contribution in [0.25, 0.3) is 0 Å². The largest absolute Gasteiger partial charge is 0.416 e. The molecular weight excluding hydrogens is 459 g/mol. The van der Waals surface area contributed by atoms with Crippen LogP contribution in [0.5, 0.6) is 0 Å². The standard InChI is InChI=1S/C25H26F3N5O2/c26-25(27,28)18-9-7-17(8-10-18)21(34)32-14-11-24(12-15-32)22(30-19-4-1-2-5-19)31-23(35)33(24)20-6-3-13-29-16-20/h3,6-10,13,16,19H,1-2,4-5,11-12,14-15H2,(H,30,31,35). The number of carbonyl (C=O) groups excluding carboxylic acids is 2. The number of anilines is 1. The number of pyridine rings is 1. The fourth-order valence-electron chi connectivity index (χ4n) is 5.32. The Labute approximate surface area is 201 Å². The number of aliphatic imine (C=N–C) groups is 1. The molecule has 0 atom stereocenters. The monoisotopic (exact) mass is 485 g/mol. The van der Waals surface area contributed by atoms with Crippen LogP contribution in [0.2, 0.25) is 0 Å². The van der Waals surface area contributed by atoms with Crippen LogP contribution in [0.1, 0.15) is 54.4 Å². The Kier molecular flexibility index (Phi) is 5.98. The highest BCUT2D eigenvalue weighted by Crippen LogP contribution is 2.39. The topological polar surface area (TPSA) is 77.9 Å². The summed E-state index contributed by atoms with van der Waals surface area (Å²) in [6.45, 7) is 0.685. The third-order valence-electron chi connectivity index (χ3n) is 7.17. The van der Waals surface area contributed by atoms with Gasteiger partial charge in [-0.2, -0.15) is 13.2 Å². The van der Waals surface area contributed by atoms with E-state index in [0.717, 1.165) is 37.8 Å². The van der Waals surface area contributed by atoms with Crippen molar-refractivity contribution in [3.63, 3.8) is 0 Å². The first-order chi connectivity index (χ1) is 16.8. The molecule has 3 aliphatic rings. The molecule has 5 rings (SSSR count). The number of likely N-dealkylation sites (tertiary alicyclic amines) is 1. The molecule has 7 nitrogen and oxygen atoms in total. The van der Waals surface area contributed by atoms with Crippen LogP contribution in [0.4, 0.5) is 23.7 Å². The van der Waals surface area contributed by atoms with Crippen LogP contribution < -0.4 is 10.2 Å². The van der Waals surface area contributed by atoms with Gasteiger partial charge in [0.15, 0.2) is 0 Å². The molecule has 2 saturated heterocycles. The number of amides is 3. The summed E-state index contributed by atoms with van der Waals surface area (Å²) in [6, 6.07) is 7.78. The third kappa shape index (κ3) is 4.37. The molecule has 1 spiro atoms. The zero-order chi connectivity index (χ0) is 24.6. The van der Waals surface area contributed by atoms with Crippen molar-refractivity contribution in [3.05, 3.63) is 59.9 Å². The number of hydrogen-bond acceptors (Lipinski definition) is 4. The molecular formula is C25H26F3N5O2. The summed E-state index contributed by atoms with van der Waals surface area (Å²) < 4.78 is 38.7. The second-order valence-electron chi connectivity index (χ2n) is 9.29. The summed E-state index contributed by atoms with van der Waals surface area (Å²) in [4.78, 5) is 38.6. The minimum Gasteiger partial charge on any atom is -0.338 e. The number of alkyl halides is 3. The summed E-state index contributed by atoms with van der Waals surface area (Å²) in [5.74, 6) is 0.313. The van der Waals surface area contributed by atoms with Crippen LogP contribution in [-0.4, -0.2) is 52.3 Å². The van der Waals surface area contributed by atoms with Gasteiger partial charge < -0.3 is 4.90 Å². The predicted molar refractivity (Wildman–Crippen MR) is 124 cm³/mol. The van der Waals surface area contributed by atoms with Crippen LogP contribution in [0.15, 0.2) is 53.8 Å². The molecule has 2 aliphatic heterocycles. The van der Waals surface area contributed by atoms with Crippen molar-refractivity contribution in [1.29, 1.82) is 0 Å². The summed E-state index contributed by atoms with van der Waals surface area (Å²) in [7, 11) is 0. The zero-order valence-corrected chi connectivity index (χ0v) is 19.1. The van der Waals surface area contributed by atoms with Crippen LogP contribution in [0, 0.1) is 0 Å². The molecule has 1 saturated carbocycles. The van der Waals surface area contributed by atoms with E-state index in [1.807, 2.05) is 6.07 Å². The first-order valence-corrected chi connectivity index (χ1v) is 11.8. The van der Waals surface area contributed by atoms with Crippen molar-refractivity contribution < 1.29 is 22.8 Å². The van der Waals surface area contributed by atoms with E-state index in [1.54, 1.807) is 28.3 Å². The molecule has 2 aromatic rings. The molecule has 1 aromatic heterocycles. The van der Waals surface area contributed by atoms with E-state index in [4.69, 9.17) is 4.99 Å². The van der Waals surface area contributed by atoms with E-state index in [-0.39, 0.29) is 23.5 Å². The van der Waals surface area contributed by atoms with E-state index in [2.05, 4.69) is 10.3 Å². The van der Waals surface area contributed by atoms with Crippen molar-refractivity contribution in [2.24, 2.45) is 4.99 Å². The Morgan fingerprint density at radius 3 is 2.37 bits per heavy atom. The van der Waals surface area contributed by atoms with Crippen molar-refractivity contribution in [1.82, 2.24) is 15.2 Å². The molecule has 10 heteroatoms. The summed E-state index contributed by atoms with van der Waals surface area (Å²) in [5.41, 5.74) is -0.649. The van der Waals surface area contributed by atoms with E-state index in [0.29, 0.717) is 37.5 Å². The molecule has 0 unspecified atom stereocenters. The molecule has 1 aromatic carbocycles. The summed E-state index contributed by atoms with van der Waals surface area (Å²) in [5, 5.41) is 2.99. The lowest BCUT2D eigenvalue weighted by Gasteiger charge is -2.43.